The smallest absolute Gasteiger partial charge is 0.272 e. The average molecular weight is 557 g/mol. The predicted octanol–water partition coefficient (Wildman–Crippen LogP) is 3.90. The first-order valence-electron chi connectivity index (χ1n) is 12.1. The van der Waals surface area contributed by atoms with Crippen molar-refractivity contribution in [3.05, 3.63) is 123 Å². The molecule has 2 heterocycles. The Bertz CT molecular complexity index is 1720. The van der Waals surface area contributed by atoms with Gasteiger partial charge in [0.2, 0.25) is 5.91 Å². The standard InChI is InChI=1S/C28H22ClFN8O2/c29-20-6-11-26(38-16-32-36-37-38)19(14-20)5-12-27(39)33-24(13-17-1-7-21(30)8-2-17)25-15-23(28(40)35-34-25)18-3-9-22(31)10-4-18/h1-12,14-16,24H,13,31H2,(H,33,39)(H,35,40). The van der Waals surface area contributed by atoms with E-state index in [9.17, 15) is 14.0 Å². The number of benzene rings is 3. The van der Waals surface area contributed by atoms with Crippen LogP contribution < -0.4 is 16.6 Å². The number of anilines is 1. The Hall–Kier alpha value is -5.16. The van der Waals surface area contributed by atoms with Gasteiger partial charge in [0.05, 0.1) is 23.0 Å². The summed E-state index contributed by atoms with van der Waals surface area (Å²) < 4.78 is 15.0. The van der Waals surface area contributed by atoms with Crippen molar-refractivity contribution in [2.24, 2.45) is 0 Å². The maximum Gasteiger partial charge on any atom is 0.272 e. The molecule has 0 saturated carbocycles. The first-order chi connectivity index (χ1) is 19.4. The zero-order valence-electron chi connectivity index (χ0n) is 20.8. The van der Waals surface area contributed by atoms with Gasteiger partial charge >= 0.3 is 0 Å². The lowest BCUT2D eigenvalue weighted by atomic mass is 10.00. The van der Waals surface area contributed by atoms with Crippen LogP contribution in [0.2, 0.25) is 5.02 Å². The Balaban J connectivity index is 1.45. The van der Waals surface area contributed by atoms with Gasteiger partial charge < -0.3 is 11.1 Å². The number of carbonyl (C=O) groups excluding carboxylic acids is 1. The highest BCUT2D eigenvalue weighted by molar-refractivity contribution is 6.30. The van der Waals surface area contributed by atoms with E-state index in [4.69, 9.17) is 17.3 Å². The van der Waals surface area contributed by atoms with Gasteiger partial charge in [-0.1, -0.05) is 35.9 Å². The number of rotatable bonds is 8. The maximum atomic E-state index is 13.5. The van der Waals surface area contributed by atoms with Crippen LogP contribution in [0.5, 0.6) is 0 Å². The van der Waals surface area contributed by atoms with E-state index in [-0.39, 0.29) is 12.2 Å². The summed E-state index contributed by atoms with van der Waals surface area (Å²) in [6.07, 6.45) is 4.66. The molecule has 0 spiro atoms. The van der Waals surface area contributed by atoms with Crippen LogP contribution in [0.1, 0.15) is 22.9 Å². The van der Waals surface area contributed by atoms with E-state index in [0.29, 0.717) is 38.8 Å². The van der Waals surface area contributed by atoms with Crippen molar-refractivity contribution in [1.29, 1.82) is 0 Å². The number of nitrogens with zero attached hydrogens (tertiary/aromatic N) is 5. The number of nitrogens with one attached hydrogen (secondary N) is 2. The molecule has 1 atom stereocenters. The fraction of sp³-hybridized carbons (Fsp3) is 0.0714. The summed E-state index contributed by atoms with van der Waals surface area (Å²) in [7, 11) is 0. The Morgan fingerprint density at radius 3 is 2.60 bits per heavy atom. The van der Waals surface area contributed by atoms with Crippen molar-refractivity contribution >= 4 is 29.3 Å². The molecule has 1 amide bonds. The van der Waals surface area contributed by atoms with Crippen molar-refractivity contribution in [1.82, 2.24) is 35.7 Å². The third-order valence-electron chi connectivity index (χ3n) is 6.07. The van der Waals surface area contributed by atoms with Crippen LogP contribution >= 0.6 is 11.6 Å². The zero-order valence-corrected chi connectivity index (χ0v) is 21.6. The Kier molecular flexibility index (Phi) is 7.74. The van der Waals surface area contributed by atoms with Gasteiger partial charge in [0.15, 0.2) is 0 Å². The highest BCUT2D eigenvalue weighted by Crippen LogP contribution is 2.23. The minimum Gasteiger partial charge on any atom is -0.399 e. The Labute approximate surface area is 232 Å². The van der Waals surface area contributed by atoms with E-state index >= 15 is 0 Å². The molecule has 200 valence electrons. The van der Waals surface area contributed by atoms with Crippen molar-refractivity contribution in [2.75, 3.05) is 5.73 Å². The monoisotopic (exact) mass is 556 g/mol. The molecular weight excluding hydrogens is 535 g/mol. The first kappa shape index (κ1) is 26.4. The largest absolute Gasteiger partial charge is 0.399 e. The van der Waals surface area contributed by atoms with E-state index in [1.54, 1.807) is 66.7 Å². The van der Waals surface area contributed by atoms with Gasteiger partial charge in [0.25, 0.3) is 5.56 Å². The second kappa shape index (κ2) is 11.7. The molecule has 0 aliphatic rings. The number of nitrogens with two attached hydrogens (primary N) is 1. The fourth-order valence-electron chi connectivity index (χ4n) is 4.09. The summed E-state index contributed by atoms with van der Waals surface area (Å²) in [6.45, 7) is 0. The van der Waals surface area contributed by atoms with E-state index in [1.807, 2.05) is 0 Å². The van der Waals surface area contributed by atoms with Gasteiger partial charge in [-0.25, -0.2) is 9.49 Å². The zero-order chi connectivity index (χ0) is 28.1. The second-order valence-corrected chi connectivity index (χ2v) is 9.28. The van der Waals surface area contributed by atoms with Crippen molar-refractivity contribution in [2.45, 2.75) is 12.5 Å². The summed E-state index contributed by atoms with van der Waals surface area (Å²) in [6, 6.07) is 18.8. The molecule has 0 radical (unpaired) electrons. The number of aromatic amines is 1. The summed E-state index contributed by atoms with van der Waals surface area (Å²) in [5.74, 6) is -0.809. The van der Waals surface area contributed by atoms with Crippen LogP contribution in [0, 0.1) is 5.82 Å². The molecule has 5 aromatic rings. The highest BCUT2D eigenvalue weighted by atomic mass is 35.5. The number of hydrogen-bond donors (Lipinski definition) is 3. The SMILES string of the molecule is Nc1ccc(-c2cc(C(Cc3ccc(F)cc3)NC(=O)C=Cc3cc(Cl)ccc3-n3cnnn3)n[nH]c2=O)cc1. The van der Waals surface area contributed by atoms with Crippen LogP contribution in [0.15, 0.2) is 90.0 Å². The van der Waals surface area contributed by atoms with E-state index < -0.39 is 17.5 Å². The first-order valence-corrected chi connectivity index (χ1v) is 12.4. The van der Waals surface area contributed by atoms with Crippen molar-refractivity contribution in [3.8, 4) is 16.8 Å². The van der Waals surface area contributed by atoms with Crippen LogP contribution in [0.25, 0.3) is 22.9 Å². The third-order valence-corrected chi connectivity index (χ3v) is 6.31. The topological polar surface area (TPSA) is 144 Å². The molecule has 1 unspecified atom stereocenters. The van der Waals surface area contributed by atoms with Gasteiger partial charge in [0, 0.05) is 22.3 Å². The molecule has 40 heavy (non-hydrogen) atoms. The van der Waals surface area contributed by atoms with Gasteiger partial charge in [0.1, 0.15) is 12.1 Å². The number of halogens is 2. The summed E-state index contributed by atoms with van der Waals surface area (Å²) in [4.78, 5) is 25.7. The summed E-state index contributed by atoms with van der Waals surface area (Å²) in [5, 5.41) is 21.3. The van der Waals surface area contributed by atoms with E-state index in [0.717, 1.165) is 5.56 Å². The molecule has 0 bridgehead atoms. The van der Waals surface area contributed by atoms with Gasteiger partial charge in [-0.15, -0.1) is 5.10 Å². The van der Waals surface area contributed by atoms with Gasteiger partial charge in [-0.3, -0.25) is 9.59 Å². The molecular formula is C28H22ClFN8O2. The maximum absolute atomic E-state index is 13.5. The lowest BCUT2D eigenvalue weighted by molar-refractivity contribution is -0.117. The van der Waals surface area contributed by atoms with Gasteiger partial charge in [-0.2, -0.15) is 9.78 Å². The fourth-order valence-corrected chi connectivity index (χ4v) is 4.27. The van der Waals surface area contributed by atoms with Crippen molar-refractivity contribution in [3.63, 3.8) is 0 Å². The number of carbonyl (C=O) groups is 1. The van der Waals surface area contributed by atoms with E-state index in [2.05, 4.69) is 31.0 Å². The number of tetrazole rings is 1. The predicted molar refractivity (Wildman–Crippen MR) is 149 cm³/mol. The Morgan fingerprint density at radius 2 is 1.88 bits per heavy atom. The summed E-state index contributed by atoms with van der Waals surface area (Å²) in [5.41, 5.74) is 9.37. The normalized spacial score (nSPS) is 11.9. The average Bonchev–Trinajstić information content (AvgIpc) is 3.48. The highest BCUT2D eigenvalue weighted by Gasteiger charge is 2.19. The second-order valence-electron chi connectivity index (χ2n) is 8.84. The number of H-pyrrole nitrogens is 1. The number of hydrogen-bond acceptors (Lipinski definition) is 7. The molecule has 2 aromatic heterocycles. The minimum atomic E-state index is -0.662. The number of nitrogen functional groups attached to an aromatic ring is 1. The molecule has 0 fully saturated rings. The number of amides is 1. The third kappa shape index (κ3) is 6.27. The molecule has 0 aliphatic carbocycles. The molecule has 3 aromatic carbocycles. The molecule has 10 nitrogen and oxygen atoms in total. The van der Waals surface area contributed by atoms with Gasteiger partial charge in [-0.05, 0) is 82.6 Å². The number of aromatic nitrogens is 6. The van der Waals surface area contributed by atoms with E-state index in [1.165, 1.54) is 29.2 Å². The van der Waals surface area contributed by atoms with Crippen LogP contribution in [-0.2, 0) is 11.2 Å². The minimum absolute atomic E-state index is 0.285. The van der Waals surface area contributed by atoms with Crippen LogP contribution in [0.4, 0.5) is 10.1 Å². The quantitative estimate of drug-likeness (QED) is 0.194. The molecule has 4 N–H and O–H groups in total. The lowest BCUT2D eigenvalue weighted by Crippen LogP contribution is -2.30. The van der Waals surface area contributed by atoms with Crippen LogP contribution in [0.3, 0.4) is 0 Å². The molecule has 12 heteroatoms. The molecule has 0 aliphatic heterocycles. The Morgan fingerprint density at radius 1 is 1.10 bits per heavy atom. The molecule has 0 saturated heterocycles. The van der Waals surface area contributed by atoms with Crippen molar-refractivity contribution < 1.29 is 9.18 Å². The van der Waals surface area contributed by atoms with Crippen LogP contribution in [-0.4, -0.2) is 36.3 Å². The molecule has 5 rings (SSSR count). The lowest BCUT2D eigenvalue weighted by Gasteiger charge is -2.18. The summed E-state index contributed by atoms with van der Waals surface area (Å²) >= 11 is 6.18.